The predicted octanol–water partition coefficient (Wildman–Crippen LogP) is 2.81. The number of likely N-dealkylation sites (tertiary alicyclic amines) is 1. The molecule has 2 heterocycles. The molecule has 0 bridgehead atoms. The maximum absolute atomic E-state index is 12.3. The van der Waals surface area contributed by atoms with Gasteiger partial charge in [0.15, 0.2) is 0 Å². The van der Waals surface area contributed by atoms with E-state index < -0.39 is 0 Å². The SMILES string of the molecule is O=C(C1CC1)N1CCCC1c1nc(-c2ccccc2)no1. The van der Waals surface area contributed by atoms with Crippen LogP contribution in [0.25, 0.3) is 11.4 Å². The van der Waals surface area contributed by atoms with E-state index in [-0.39, 0.29) is 17.9 Å². The highest BCUT2D eigenvalue weighted by Gasteiger charge is 2.40. The molecule has 1 aromatic heterocycles. The molecule has 108 valence electrons. The van der Waals surface area contributed by atoms with Gasteiger partial charge in [-0.1, -0.05) is 35.5 Å². The highest BCUT2D eigenvalue weighted by atomic mass is 16.5. The Balaban J connectivity index is 1.58. The van der Waals surface area contributed by atoms with Crippen molar-refractivity contribution in [2.75, 3.05) is 6.54 Å². The molecule has 1 saturated heterocycles. The Hall–Kier alpha value is -2.17. The first-order chi connectivity index (χ1) is 10.3. The first-order valence-electron chi connectivity index (χ1n) is 7.52. The number of carbonyl (C=O) groups excluding carboxylic acids is 1. The van der Waals surface area contributed by atoms with Gasteiger partial charge in [0.1, 0.15) is 6.04 Å². The van der Waals surface area contributed by atoms with Crippen LogP contribution in [0.2, 0.25) is 0 Å². The lowest BCUT2D eigenvalue weighted by atomic mass is 10.2. The van der Waals surface area contributed by atoms with Gasteiger partial charge in [0.25, 0.3) is 0 Å². The van der Waals surface area contributed by atoms with Crippen LogP contribution < -0.4 is 0 Å². The molecule has 1 aliphatic heterocycles. The predicted molar refractivity (Wildman–Crippen MR) is 76.1 cm³/mol. The number of aromatic nitrogens is 2. The fourth-order valence-electron chi connectivity index (χ4n) is 2.93. The average molecular weight is 283 g/mol. The molecular weight excluding hydrogens is 266 g/mol. The minimum Gasteiger partial charge on any atom is -0.337 e. The van der Waals surface area contributed by atoms with Crippen LogP contribution in [-0.2, 0) is 4.79 Å². The van der Waals surface area contributed by atoms with E-state index in [1.165, 1.54) is 0 Å². The van der Waals surface area contributed by atoms with Crippen LogP contribution in [-0.4, -0.2) is 27.5 Å². The normalized spacial score (nSPS) is 21.7. The lowest BCUT2D eigenvalue weighted by molar-refractivity contribution is -0.133. The van der Waals surface area contributed by atoms with Crippen LogP contribution in [0.5, 0.6) is 0 Å². The average Bonchev–Trinajstić information content (AvgIpc) is 3.07. The third-order valence-corrected chi connectivity index (χ3v) is 4.22. The summed E-state index contributed by atoms with van der Waals surface area (Å²) >= 11 is 0. The van der Waals surface area contributed by atoms with Gasteiger partial charge in [-0.3, -0.25) is 4.79 Å². The minimum atomic E-state index is -0.0388. The number of rotatable bonds is 3. The fraction of sp³-hybridized carbons (Fsp3) is 0.438. The van der Waals surface area contributed by atoms with Gasteiger partial charge in [-0.05, 0) is 25.7 Å². The van der Waals surface area contributed by atoms with Crippen molar-refractivity contribution in [3.05, 3.63) is 36.2 Å². The fourth-order valence-corrected chi connectivity index (χ4v) is 2.93. The van der Waals surface area contributed by atoms with Crippen molar-refractivity contribution < 1.29 is 9.32 Å². The first-order valence-corrected chi connectivity index (χ1v) is 7.52. The second kappa shape index (κ2) is 4.98. The second-order valence-electron chi connectivity index (χ2n) is 5.79. The van der Waals surface area contributed by atoms with E-state index >= 15 is 0 Å². The van der Waals surface area contributed by atoms with Crippen LogP contribution in [0.15, 0.2) is 34.9 Å². The van der Waals surface area contributed by atoms with Crippen molar-refractivity contribution >= 4 is 5.91 Å². The maximum Gasteiger partial charge on any atom is 0.249 e. The molecule has 0 radical (unpaired) electrons. The summed E-state index contributed by atoms with van der Waals surface area (Å²) in [4.78, 5) is 18.7. The Labute approximate surface area is 123 Å². The first kappa shape index (κ1) is 12.6. The topological polar surface area (TPSA) is 59.2 Å². The molecule has 1 saturated carbocycles. The molecule has 1 unspecified atom stereocenters. The van der Waals surface area contributed by atoms with E-state index in [1.54, 1.807) is 0 Å². The highest BCUT2D eigenvalue weighted by molar-refractivity contribution is 5.81. The van der Waals surface area contributed by atoms with Crippen molar-refractivity contribution in [2.45, 2.75) is 31.7 Å². The summed E-state index contributed by atoms with van der Waals surface area (Å²) in [6.07, 6.45) is 3.98. The lowest BCUT2D eigenvalue weighted by Gasteiger charge is -2.21. The summed E-state index contributed by atoms with van der Waals surface area (Å²) in [6.45, 7) is 0.809. The third-order valence-electron chi connectivity index (χ3n) is 4.22. The zero-order valence-corrected chi connectivity index (χ0v) is 11.7. The van der Waals surface area contributed by atoms with Gasteiger partial charge < -0.3 is 9.42 Å². The number of hydrogen-bond acceptors (Lipinski definition) is 4. The van der Waals surface area contributed by atoms with E-state index in [9.17, 15) is 4.79 Å². The molecule has 2 fully saturated rings. The van der Waals surface area contributed by atoms with E-state index in [1.807, 2.05) is 35.2 Å². The molecule has 5 nitrogen and oxygen atoms in total. The molecule has 0 spiro atoms. The van der Waals surface area contributed by atoms with Gasteiger partial charge in [-0.15, -0.1) is 0 Å². The van der Waals surface area contributed by atoms with Crippen molar-refractivity contribution in [1.82, 2.24) is 15.0 Å². The lowest BCUT2D eigenvalue weighted by Crippen LogP contribution is -2.31. The van der Waals surface area contributed by atoms with Crippen LogP contribution >= 0.6 is 0 Å². The number of carbonyl (C=O) groups is 1. The Kier molecular flexibility index (Phi) is 2.98. The molecule has 1 aliphatic carbocycles. The summed E-state index contributed by atoms with van der Waals surface area (Å²) in [5.41, 5.74) is 0.936. The summed E-state index contributed by atoms with van der Waals surface area (Å²) < 4.78 is 5.43. The van der Waals surface area contributed by atoms with Gasteiger partial charge in [0.05, 0.1) is 0 Å². The van der Waals surface area contributed by atoms with Gasteiger partial charge in [0.2, 0.25) is 17.6 Å². The number of amides is 1. The maximum atomic E-state index is 12.3. The monoisotopic (exact) mass is 283 g/mol. The van der Waals surface area contributed by atoms with Crippen molar-refractivity contribution in [2.24, 2.45) is 5.92 Å². The number of hydrogen-bond donors (Lipinski definition) is 0. The summed E-state index contributed by atoms with van der Waals surface area (Å²) in [5.74, 6) is 1.66. The quantitative estimate of drug-likeness (QED) is 0.869. The van der Waals surface area contributed by atoms with Crippen LogP contribution in [0, 0.1) is 5.92 Å². The molecule has 2 aliphatic rings. The molecule has 4 rings (SSSR count). The van der Waals surface area contributed by atoms with Crippen molar-refractivity contribution in [3.8, 4) is 11.4 Å². The Morgan fingerprint density at radius 1 is 1.19 bits per heavy atom. The highest BCUT2D eigenvalue weighted by Crippen LogP contribution is 2.38. The zero-order valence-electron chi connectivity index (χ0n) is 11.7. The summed E-state index contributed by atoms with van der Waals surface area (Å²) in [7, 11) is 0. The standard InChI is InChI=1S/C16H17N3O2/c20-16(12-8-9-12)19-10-4-7-13(19)15-17-14(18-21-15)11-5-2-1-3-6-11/h1-3,5-6,12-13H,4,7-10H2. The van der Waals surface area contributed by atoms with Crippen LogP contribution in [0.3, 0.4) is 0 Å². The Morgan fingerprint density at radius 2 is 2.00 bits per heavy atom. The van der Waals surface area contributed by atoms with Gasteiger partial charge >= 0.3 is 0 Å². The van der Waals surface area contributed by atoms with Gasteiger partial charge in [-0.25, -0.2) is 0 Å². The second-order valence-corrected chi connectivity index (χ2v) is 5.79. The number of nitrogens with zero attached hydrogens (tertiary/aromatic N) is 3. The van der Waals surface area contributed by atoms with Crippen LogP contribution in [0.4, 0.5) is 0 Å². The van der Waals surface area contributed by atoms with Gasteiger partial charge in [0, 0.05) is 18.0 Å². The van der Waals surface area contributed by atoms with E-state index in [0.717, 1.165) is 37.8 Å². The van der Waals surface area contributed by atoms with Crippen molar-refractivity contribution in [1.29, 1.82) is 0 Å². The summed E-state index contributed by atoms with van der Waals surface area (Å²) in [6, 6.07) is 9.72. The minimum absolute atomic E-state index is 0.0388. The smallest absolute Gasteiger partial charge is 0.249 e. The molecular formula is C16H17N3O2. The van der Waals surface area contributed by atoms with E-state index in [4.69, 9.17) is 4.52 Å². The summed E-state index contributed by atoms with van der Waals surface area (Å²) in [5, 5.41) is 4.06. The van der Waals surface area contributed by atoms with Gasteiger partial charge in [-0.2, -0.15) is 4.98 Å². The Bertz CT molecular complexity index is 649. The number of benzene rings is 1. The Morgan fingerprint density at radius 3 is 2.76 bits per heavy atom. The van der Waals surface area contributed by atoms with E-state index in [2.05, 4.69) is 10.1 Å². The molecule has 2 aromatic rings. The molecule has 1 aromatic carbocycles. The van der Waals surface area contributed by atoms with Crippen LogP contribution in [0.1, 0.15) is 37.6 Å². The van der Waals surface area contributed by atoms with Crippen molar-refractivity contribution in [3.63, 3.8) is 0 Å². The molecule has 21 heavy (non-hydrogen) atoms. The zero-order chi connectivity index (χ0) is 14.2. The van der Waals surface area contributed by atoms with E-state index in [0.29, 0.717) is 11.7 Å². The molecule has 1 atom stereocenters. The third kappa shape index (κ3) is 2.33. The largest absolute Gasteiger partial charge is 0.337 e. The molecule has 1 amide bonds. The molecule has 5 heteroatoms. The molecule has 0 N–H and O–H groups in total.